The molecule has 1 aromatic carbocycles. The average molecular weight is 314 g/mol. The van der Waals surface area contributed by atoms with Crippen molar-refractivity contribution in [1.82, 2.24) is 9.03 Å². The Morgan fingerprint density at radius 3 is 2.33 bits per heavy atom. The van der Waals surface area contributed by atoms with Crippen LogP contribution in [0.15, 0.2) is 30.3 Å². The second-order valence-corrected chi connectivity index (χ2v) is 7.19. The molecule has 0 aliphatic heterocycles. The Morgan fingerprint density at radius 2 is 1.86 bits per heavy atom. The highest BCUT2D eigenvalue weighted by molar-refractivity contribution is 7.87. The number of carboxylic acids is 1. The van der Waals surface area contributed by atoms with Gasteiger partial charge in [-0.25, -0.2) is 0 Å². The van der Waals surface area contributed by atoms with Crippen LogP contribution in [0.1, 0.15) is 25.8 Å². The summed E-state index contributed by atoms with van der Waals surface area (Å²) in [4.78, 5) is 11.1. The molecule has 7 heteroatoms. The van der Waals surface area contributed by atoms with Gasteiger partial charge in [-0.3, -0.25) is 4.79 Å². The Morgan fingerprint density at radius 1 is 1.29 bits per heavy atom. The number of nitrogens with one attached hydrogen (secondary N) is 1. The lowest BCUT2D eigenvalue weighted by Gasteiger charge is -2.22. The minimum atomic E-state index is -3.85. The fraction of sp³-hybridized carbons (Fsp3) is 0.500. The molecule has 1 rings (SSSR count). The van der Waals surface area contributed by atoms with Crippen molar-refractivity contribution in [3.63, 3.8) is 0 Å². The van der Waals surface area contributed by atoms with Gasteiger partial charge < -0.3 is 5.11 Å². The van der Waals surface area contributed by atoms with Gasteiger partial charge in [-0.15, -0.1) is 0 Å². The van der Waals surface area contributed by atoms with Crippen LogP contribution in [0.5, 0.6) is 0 Å². The van der Waals surface area contributed by atoms with E-state index in [-0.39, 0.29) is 18.9 Å². The van der Waals surface area contributed by atoms with Gasteiger partial charge in [0.05, 0.1) is 0 Å². The minimum Gasteiger partial charge on any atom is -0.480 e. The first-order chi connectivity index (χ1) is 9.72. The van der Waals surface area contributed by atoms with E-state index in [1.165, 1.54) is 7.05 Å². The summed E-state index contributed by atoms with van der Waals surface area (Å²) in [6.45, 7) is 3.88. The smallest absolute Gasteiger partial charge is 0.321 e. The number of carbonyl (C=O) groups is 1. The first kappa shape index (κ1) is 17.6. The first-order valence-corrected chi connectivity index (χ1v) is 8.16. The molecular weight excluding hydrogens is 292 g/mol. The molecular formula is C14H22N2O4S. The molecule has 0 spiro atoms. The van der Waals surface area contributed by atoms with Gasteiger partial charge in [0, 0.05) is 13.6 Å². The minimum absolute atomic E-state index is 0.0771. The normalized spacial score (nSPS) is 13.6. The lowest BCUT2D eigenvalue weighted by Crippen LogP contribution is -2.47. The zero-order chi connectivity index (χ0) is 16.0. The molecule has 0 saturated heterocycles. The predicted octanol–water partition coefficient (Wildman–Crippen LogP) is 1.45. The second kappa shape index (κ2) is 7.53. The molecule has 0 fully saturated rings. The highest BCUT2D eigenvalue weighted by Crippen LogP contribution is 2.10. The van der Waals surface area contributed by atoms with Gasteiger partial charge in [0.25, 0.3) is 10.2 Å². The van der Waals surface area contributed by atoms with Crippen molar-refractivity contribution >= 4 is 16.2 Å². The van der Waals surface area contributed by atoms with E-state index in [1.807, 2.05) is 44.2 Å². The summed E-state index contributed by atoms with van der Waals surface area (Å²) in [5.41, 5.74) is 0.834. The molecule has 1 atom stereocenters. The van der Waals surface area contributed by atoms with Gasteiger partial charge in [0.1, 0.15) is 6.04 Å². The summed E-state index contributed by atoms with van der Waals surface area (Å²) in [7, 11) is -2.43. The van der Waals surface area contributed by atoms with E-state index in [0.717, 1.165) is 9.87 Å². The molecule has 1 unspecified atom stereocenters. The molecule has 21 heavy (non-hydrogen) atoms. The van der Waals surface area contributed by atoms with Gasteiger partial charge in [0.15, 0.2) is 0 Å². The van der Waals surface area contributed by atoms with Crippen molar-refractivity contribution in [3.8, 4) is 0 Å². The Balaban J connectivity index is 2.76. The van der Waals surface area contributed by atoms with Crippen LogP contribution < -0.4 is 4.72 Å². The third-order valence-electron chi connectivity index (χ3n) is 2.95. The molecule has 0 aromatic heterocycles. The maximum absolute atomic E-state index is 12.2. The monoisotopic (exact) mass is 314 g/mol. The van der Waals surface area contributed by atoms with Crippen LogP contribution in [0.3, 0.4) is 0 Å². The maximum Gasteiger partial charge on any atom is 0.321 e. The van der Waals surface area contributed by atoms with E-state index >= 15 is 0 Å². The topological polar surface area (TPSA) is 86.7 Å². The molecule has 118 valence electrons. The van der Waals surface area contributed by atoms with Crippen molar-refractivity contribution in [1.29, 1.82) is 0 Å². The molecule has 0 radical (unpaired) electrons. The third-order valence-corrected chi connectivity index (χ3v) is 4.49. The summed E-state index contributed by atoms with van der Waals surface area (Å²) in [6, 6.07) is 8.00. The van der Waals surface area contributed by atoms with Gasteiger partial charge in [-0.05, 0) is 17.9 Å². The van der Waals surface area contributed by atoms with Crippen LogP contribution in [-0.2, 0) is 21.5 Å². The van der Waals surface area contributed by atoms with Gasteiger partial charge in [-0.2, -0.15) is 17.4 Å². The van der Waals surface area contributed by atoms with Crippen molar-refractivity contribution in [2.75, 3.05) is 7.05 Å². The van der Waals surface area contributed by atoms with Crippen molar-refractivity contribution < 1.29 is 18.3 Å². The zero-order valence-corrected chi connectivity index (χ0v) is 13.3. The number of carboxylic acid groups (broad SMARTS) is 1. The van der Waals surface area contributed by atoms with Crippen molar-refractivity contribution in [2.24, 2.45) is 5.92 Å². The summed E-state index contributed by atoms with van der Waals surface area (Å²) in [6.07, 6.45) is 0.244. The molecule has 0 heterocycles. The van der Waals surface area contributed by atoms with E-state index < -0.39 is 22.2 Å². The van der Waals surface area contributed by atoms with Crippen LogP contribution in [-0.4, -0.2) is 36.9 Å². The molecule has 1 aromatic rings. The van der Waals surface area contributed by atoms with E-state index in [9.17, 15) is 13.2 Å². The number of benzene rings is 1. The summed E-state index contributed by atoms with van der Waals surface area (Å²) < 4.78 is 27.7. The van der Waals surface area contributed by atoms with E-state index in [4.69, 9.17) is 5.11 Å². The number of rotatable bonds is 8. The second-order valence-electron chi connectivity index (χ2n) is 5.38. The van der Waals surface area contributed by atoms with E-state index in [0.29, 0.717) is 0 Å². The zero-order valence-electron chi connectivity index (χ0n) is 12.5. The molecule has 0 aliphatic rings. The average Bonchev–Trinajstić information content (AvgIpc) is 2.38. The van der Waals surface area contributed by atoms with Gasteiger partial charge in [0.2, 0.25) is 0 Å². The Hall–Kier alpha value is -1.44. The number of hydrogen-bond acceptors (Lipinski definition) is 3. The summed E-state index contributed by atoms with van der Waals surface area (Å²) in [5.74, 6) is -1.09. The lowest BCUT2D eigenvalue weighted by atomic mass is 10.1. The molecule has 0 aliphatic carbocycles. The van der Waals surface area contributed by atoms with Crippen LogP contribution in [0.4, 0.5) is 0 Å². The van der Waals surface area contributed by atoms with Crippen LogP contribution in [0.2, 0.25) is 0 Å². The summed E-state index contributed by atoms with van der Waals surface area (Å²) >= 11 is 0. The molecule has 0 amide bonds. The fourth-order valence-corrected chi connectivity index (χ4v) is 2.92. The highest BCUT2D eigenvalue weighted by Gasteiger charge is 2.27. The molecule has 0 bridgehead atoms. The Labute approximate surface area is 126 Å². The molecule has 0 saturated carbocycles. The maximum atomic E-state index is 12.2. The largest absolute Gasteiger partial charge is 0.480 e. The summed E-state index contributed by atoms with van der Waals surface area (Å²) in [5, 5.41) is 9.11. The number of aliphatic carboxylic acids is 1. The van der Waals surface area contributed by atoms with Crippen LogP contribution in [0, 0.1) is 5.92 Å². The Kier molecular flexibility index (Phi) is 6.32. The van der Waals surface area contributed by atoms with Gasteiger partial charge >= 0.3 is 5.97 Å². The van der Waals surface area contributed by atoms with Crippen molar-refractivity contribution in [3.05, 3.63) is 35.9 Å². The standard InChI is InChI=1S/C14H22N2O4S/c1-11(2)9-13(14(17)18)15-21(19,20)16(3)10-12-7-5-4-6-8-12/h4-8,11,13,15H,9-10H2,1-3H3,(H,17,18). The Bertz CT molecular complexity index is 558. The third kappa shape index (κ3) is 5.82. The highest BCUT2D eigenvalue weighted by atomic mass is 32.2. The van der Waals surface area contributed by atoms with E-state index in [1.54, 1.807) is 0 Å². The predicted molar refractivity (Wildman–Crippen MR) is 80.8 cm³/mol. The fourth-order valence-electron chi connectivity index (χ4n) is 1.87. The lowest BCUT2D eigenvalue weighted by molar-refractivity contribution is -0.139. The molecule has 2 N–H and O–H groups in total. The molecule has 6 nitrogen and oxygen atoms in total. The first-order valence-electron chi connectivity index (χ1n) is 6.72. The van der Waals surface area contributed by atoms with E-state index in [2.05, 4.69) is 4.72 Å². The van der Waals surface area contributed by atoms with Crippen LogP contribution >= 0.6 is 0 Å². The van der Waals surface area contributed by atoms with Gasteiger partial charge in [-0.1, -0.05) is 44.2 Å². The number of nitrogens with zero attached hydrogens (tertiary/aromatic N) is 1. The quantitative estimate of drug-likeness (QED) is 0.760. The SMILES string of the molecule is CC(C)CC(NS(=O)(=O)N(C)Cc1ccccc1)C(=O)O. The van der Waals surface area contributed by atoms with Crippen LogP contribution in [0.25, 0.3) is 0 Å². The number of hydrogen-bond donors (Lipinski definition) is 2. The van der Waals surface area contributed by atoms with Crippen molar-refractivity contribution in [2.45, 2.75) is 32.9 Å².